The van der Waals surface area contributed by atoms with E-state index in [9.17, 15) is 4.79 Å². The van der Waals surface area contributed by atoms with Crippen LogP contribution in [0.3, 0.4) is 0 Å². The smallest absolute Gasteiger partial charge is 0.292 e. The number of hydrogen-bond acceptors (Lipinski definition) is 6. The van der Waals surface area contributed by atoms with Gasteiger partial charge >= 0.3 is 0 Å². The molecule has 1 aliphatic heterocycles. The summed E-state index contributed by atoms with van der Waals surface area (Å²) in [6.07, 6.45) is 0. The summed E-state index contributed by atoms with van der Waals surface area (Å²) < 4.78 is 10.2. The Morgan fingerprint density at radius 3 is 2.33 bits per heavy atom. The minimum Gasteiger partial charge on any atom is -0.360 e. The summed E-state index contributed by atoms with van der Waals surface area (Å²) in [4.78, 5) is 16.3. The predicted molar refractivity (Wildman–Crippen MR) is 73.7 cm³/mol. The molecule has 2 aromatic heterocycles. The summed E-state index contributed by atoms with van der Waals surface area (Å²) in [6, 6.07) is 3.61. The van der Waals surface area contributed by atoms with E-state index in [4.69, 9.17) is 9.05 Å². The van der Waals surface area contributed by atoms with Crippen LogP contribution >= 0.6 is 0 Å². The molecule has 0 spiro atoms. The van der Waals surface area contributed by atoms with Crippen molar-refractivity contribution in [2.45, 2.75) is 20.4 Å². The van der Waals surface area contributed by atoms with Crippen molar-refractivity contribution < 1.29 is 13.8 Å². The zero-order valence-corrected chi connectivity index (χ0v) is 12.2. The number of rotatable bonds is 3. The maximum absolute atomic E-state index is 12.2. The molecule has 7 nitrogen and oxygen atoms in total. The van der Waals surface area contributed by atoms with Crippen molar-refractivity contribution >= 4 is 5.91 Å². The van der Waals surface area contributed by atoms with E-state index in [0.717, 1.165) is 36.8 Å². The third kappa shape index (κ3) is 3.13. The highest BCUT2D eigenvalue weighted by Crippen LogP contribution is 2.12. The fourth-order valence-corrected chi connectivity index (χ4v) is 2.44. The first-order valence-electron chi connectivity index (χ1n) is 6.99. The second kappa shape index (κ2) is 5.69. The van der Waals surface area contributed by atoms with Crippen molar-refractivity contribution in [2.24, 2.45) is 0 Å². The maximum Gasteiger partial charge on any atom is 0.292 e. The van der Waals surface area contributed by atoms with Gasteiger partial charge in [0.1, 0.15) is 0 Å². The summed E-state index contributed by atoms with van der Waals surface area (Å²) in [5.74, 6) is 1.08. The van der Waals surface area contributed by atoms with Crippen LogP contribution in [0.4, 0.5) is 0 Å². The average molecular weight is 290 g/mol. The third-order valence-corrected chi connectivity index (χ3v) is 3.55. The van der Waals surface area contributed by atoms with E-state index in [1.807, 2.05) is 13.0 Å². The lowest BCUT2D eigenvalue weighted by atomic mass is 10.2. The Bertz CT molecular complexity index is 626. The van der Waals surface area contributed by atoms with Gasteiger partial charge in [0.15, 0.2) is 5.76 Å². The number of amides is 1. The Labute approximate surface area is 122 Å². The molecule has 0 saturated carbocycles. The van der Waals surface area contributed by atoms with Crippen LogP contribution in [-0.2, 0) is 6.54 Å². The van der Waals surface area contributed by atoms with Crippen LogP contribution < -0.4 is 0 Å². The lowest BCUT2D eigenvalue weighted by molar-refractivity contribution is 0.0578. The molecular formula is C14H18N4O3. The van der Waals surface area contributed by atoms with E-state index in [0.29, 0.717) is 18.8 Å². The summed E-state index contributed by atoms with van der Waals surface area (Å²) in [7, 11) is 0. The van der Waals surface area contributed by atoms with Gasteiger partial charge in [-0.2, -0.15) is 0 Å². The molecule has 1 aliphatic rings. The molecule has 7 heteroatoms. The van der Waals surface area contributed by atoms with Crippen LogP contribution in [0.5, 0.6) is 0 Å². The molecule has 0 aromatic carbocycles. The van der Waals surface area contributed by atoms with E-state index in [2.05, 4.69) is 15.2 Å². The van der Waals surface area contributed by atoms with Crippen molar-refractivity contribution in [3.63, 3.8) is 0 Å². The molecule has 0 N–H and O–H groups in total. The first-order valence-corrected chi connectivity index (χ1v) is 6.99. The van der Waals surface area contributed by atoms with Crippen LogP contribution in [0.15, 0.2) is 21.2 Å². The second-order valence-electron chi connectivity index (χ2n) is 5.34. The van der Waals surface area contributed by atoms with Crippen molar-refractivity contribution in [2.75, 3.05) is 26.2 Å². The monoisotopic (exact) mass is 290 g/mol. The Hall–Kier alpha value is -2.15. The van der Waals surface area contributed by atoms with Crippen molar-refractivity contribution in [3.8, 4) is 0 Å². The van der Waals surface area contributed by atoms with E-state index >= 15 is 0 Å². The number of hydrogen-bond donors (Lipinski definition) is 0. The minimum absolute atomic E-state index is 0.0919. The largest absolute Gasteiger partial charge is 0.360 e. The normalized spacial score (nSPS) is 16.4. The molecule has 112 valence electrons. The second-order valence-corrected chi connectivity index (χ2v) is 5.34. The first kappa shape index (κ1) is 13.8. The summed E-state index contributed by atoms with van der Waals surface area (Å²) >= 11 is 0. The molecule has 1 amide bonds. The lowest BCUT2D eigenvalue weighted by Gasteiger charge is -2.33. The Balaban J connectivity index is 1.54. The van der Waals surface area contributed by atoms with Crippen molar-refractivity contribution in [1.82, 2.24) is 20.1 Å². The molecule has 21 heavy (non-hydrogen) atoms. The van der Waals surface area contributed by atoms with Crippen LogP contribution in [0.25, 0.3) is 0 Å². The number of carbonyl (C=O) groups is 1. The van der Waals surface area contributed by atoms with Gasteiger partial charge < -0.3 is 13.9 Å². The van der Waals surface area contributed by atoms with Gasteiger partial charge in [-0.25, -0.2) is 0 Å². The number of aromatic nitrogens is 2. The van der Waals surface area contributed by atoms with Gasteiger partial charge in [-0.15, -0.1) is 0 Å². The molecule has 3 rings (SSSR count). The first-order chi connectivity index (χ1) is 10.1. The SMILES string of the molecule is Cc1cc(CN2CCN(C(=O)c3cc(C)no3)CC2)on1. The summed E-state index contributed by atoms with van der Waals surface area (Å²) in [5, 5.41) is 7.64. The van der Waals surface area contributed by atoms with E-state index in [1.165, 1.54) is 0 Å². The van der Waals surface area contributed by atoms with Gasteiger partial charge in [0.25, 0.3) is 5.91 Å². The fourth-order valence-electron chi connectivity index (χ4n) is 2.44. The topological polar surface area (TPSA) is 75.6 Å². The van der Waals surface area contributed by atoms with Crippen LogP contribution in [0.2, 0.25) is 0 Å². The Morgan fingerprint density at radius 2 is 1.76 bits per heavy atom. The van der Waals surface area contributed by atoms with E-state index in [1.54, 1.807) is 17.9 Å². The van der Waals surface area contributed by atoms with Crippen LogP contribution in [0.1, 0.15) is 27.7 Å². The summed E-state index contributed by atoms with van der Waals surface area (Å²) in [6.45, 7) is 7.39. The van der Waals surface area contributed by atoms with Gasteiger partial charge in [0, 0.05) is 38.3 Å². The fraction of sp³-hybridized carbons (Fsp3) is 0.500. The minimum atomic E-state index is -0.0919. The van der Waals surface area contributed by atoms with E-state index < -0.39 is 0 Å². The molecule has 3 heterocycles. The highest BCUT2D eigenvalue weighted by atomic mass is 16.5. The predicted octanol–water partition coefficient (Wildman–Crippen LogP) is 1.24. The molecule has 2 aromatic rings. The molecule has 1 fully saturated rings. The van der Waals surface area contributed by atoms with Crippen molar-refractivity contribution in [1.29, 1.82) is 0 Å². The van der Waals surface area contributed by atoms with Crippen LogP contribution in [0, 0.1) is 13.8 Å². The Morgan fingerprint density at radius 1 is 1.10 bits per heavy atom. The highest BCUT2D eigenvalue weighted by Gasteiger charge is 2.25. The number of aryl methyl sites for hydroxylation is 2. The average Bonchev–Trinajstić information content (AvgIpc) is 3.08. The van der Waals surface area contributed by atoms with Gasteiger partial charge in [-0.3, -0.25) is 9.69 Å². The molecule has 0 bridgehead atoms. The zero-order chi connectivity index (χ0) is 14.8. The van der Waals surface area contributed by atoms with Gasteiger partial charge in [-0.05, 0) is 13.8 Å². The third-order valence-electron chi connectivity index (χ3n) is 3.55. The van der Waals surface area contributed by atoms with Gasteiger partial charge in [0.05, 0.1) is 17.9 Å². The van der Waals surface area contributed by atoms with Gasteiger partial charge in [0.2, 0.25) is 5.76 Å². The quantitative estimate of drug-likeness (QED) is 0.846. The highest BCUT2D eigenvalue weighted by molar-refractivity contribution is 5.91. The standard InChI is InChI=1S/C14H18N4O3/c1-10-7-12(20-15-10)9-17-3-5-18(6-4-17)14(19)13-8-11(2)16-21-13/h7-8H,3-6,9H2,1-2H3. The van der Waals surface area contributed by atoms with E-state index in [-0.39, 0.29) is 5.91 Å². The van der Waals surface area contributed by atoms with Crippen molar-refractivity contribution in [3.05, 3.63) is 35.0 Å². The maximum atomic E-state index is 12.2. The molecule has 0 atom stereocenters. The molecule has 0 unspecified atom stereocenters. The molecule has 0 aliphatic carbocycles. The van der Waals surface area contributed by atoms with Gasteiger partial charge in [-0.1, -0.05) is 10.3 Å². The Kier molecular flexibility index (Phi) is 3.74. The summed E-state index contributed by atoms with van der Waals surface area (Å²) in [5.41, 5.74) is 1.61. The lowest BCUT2D eigenvalue weighted by Crippen LogP contribution is -2.48. The number of piperazine rings is 1. The molecule has 0 radical (unpaired) electrons. The number of nitrogens with zero attached hydrogens (tertiary/aromatic N) is 4. The molecular weight excluding hydrogens is 272 g/mol. The zero-order valence-electron chi connectivity index (χ0n) is 12.2. The number of carbonyl (C=O) groups excluding carboxylic acids is 1. The molecule has 1 saturated heterocycles. The van der Waals surface area contributed by atoms with Crippen LogP contribution in [-0.4, -0.2) is 52.2 Å².